The van der Waals surface area contributed by atoms with Gasteiger partial charge in [0.1, 0.15) is 5.82 Å². The lowest BCUT2D eigenvalue weighted by Crippen LogP contribution is -3.12. The van der Waals surface area contributed by atoms with Gasteiger partial charge >= 0.3 is 0 Å². The Balaban J connectivity index is 1.79. The van der Waals surface area contributed by atoms with Crippen molar-refractivity contribution in [3.05, 3.63) is 54.2 Å². The first-order chi connectivity index (χ1) is 10.3. The molecule has 3 heterocycles. The summed E-state index contributed by atoms with van der Waals surface area (Å²) in [6, 6.07) is 9.83. The zero-order chi connectivity index (χ0) is 14.4. The van der Waals surface area contributed by atoms with Gasteiger partial charge in [0.25, 0.3) is 5.91 Å². The van der Waals surface area contributed by atoms with E-state index in [9.17, 15) is 9.18 Å². The van der Waals surface area contributed by atoms with Crippen LogP contribution in [-0.4, -0.2) is 18.5 Å². The molecule has 2 fully saturated rings. The molecule has 108 valence electrons. The topological polar surface area (TPSA) is 37.9 Å². The van der Waals surface area contributed by atoms with Gasteiger partial charge in [0.05, 0.1) is 18.5 Å². The molecule has 2 aromatic rings. The predicted molar refractivity (Wildman–Crippen MR) is 74.2 cm³/mol. The molecule has 0 radical (unpaired) electrons. The maximum absolute atomic E-state index is 13.1. The normalized spacial score (nSPS) is 28.1. The minimum Gasteiger partial charge on any atom is -0.461 e. The van der Waals surface area contributed by atoms with E-state index in [0.717, 1.165) is 30.8 Å². The van der Waals surface area contributed by atoms with Crippen LogP contribution >= 0.6 is 0 Å². The van der Waals surface area contributed by atoms with Crippen molar-refractivity contribution < 1.29 is 18.5 Å². The van der Waals surface area contributed by atoms with Gasteiger partial charge in [-0.3, -0.25) is 9.69 Å². The summed E-state index contributed by atoms with van der Waals surface area (Å²) in [6.07, 6.45) is 3.44. The third kappa shape index (κ3) is 1.88. The molecule has 0 aliphatic carbocycles. The Morgan fingerprint density at radius 2 is 2.05 bits per heavy atom. The van der Waals surface area contributed by atoms with E-state index in [2.05, 4.69) is 0 Å². The number of benzene rings is 1. The highest BCUT2D eigenvalue weighted by molar-refractivity contribution is 5.98. The van der Waals surface area contributed by atoms with Gasteiger partial charge in [-0.15, -0.1) is 0 Å². The van der Waals surface area contributed by atoms with Crippen molar-refractivity contribution in [3.8, 4) is 0 Å². The van der Waals surface area contributed by atoms with Crippen LogP contribution in [0, 0.1) is 5.82 Å². The summed E-state index contributed by atoms with van der Waals surface area (Å²) in [6.45, 7) is 0.958. The number of rotatable bonds is 2. The molecule has 0 spiro atoms. The zero-order valence-electron chi connectivity index (χ0n) is 11.5. The van der Waals surface area contributed by atoms with Gasteiger partial charge in [0.2, 0.25) is 6.17 Å². The van der Waals surface area contributed by atoms with Crippen LogP contribution in [0.3, 0.4) is 0 Å². The molecule has 1 amide bonds. The number of nitrogens with zero attached hydrogens (tertiary/aromatic N) is 1. The van der Waals surface area contributed by atoms with Gasteiger partial charge in [0, 0.05) is 12.8 Å². The summed E-state index contributed by atoms with van der Waals surface area (Å²) in [5.74, 6) is 0.593. The smallest absolute Gasteiger partial charge is 0.290 e. The van der Waals surface area contributed by atoms with E-state index in [-0.39, 0.29) is 23.9 Å². The van der Waals surface area contributed by atoms with Crippen LogP contribution < -0.4 is 9.80 Å². The monoisotopic (exact) mass is 287 g/mol. The van der Waals surface area contributed by atoms with Gasteiger partial charge in [-0.05, 0) is 36.4 Å². The van der Waals surface area contributed by atoms with E-state index < -0.39 is 0 Å². The van der Waals surface area contributed by atoms with Crippen LogP contribution in [0.5, 0.6) is 0 Å². The first-order valence-corrected chi connectivity index (χ1v) is 7.23. The quantitative estimate of drug-likeness (QED) is 0.909. The van der Waals surface area contributed by atoms with Crippen molar-refractivity contribution in [1.82, 2.24) is 0 Å². The molecule has 5 heteroatoms. The fraction of sp³-hybridized carbons (Fsp3) is 0.312. The number of anilines is 1. The molecule has 4 rings (SSSR count). The Morgan fingerprint density at radius 1 is 1.24 bits per heavy atom. The van der Waals surface area contributed by atoms with Crippen LogP contribution in [-0.2, 0) is 4.79 Å². The van der Waals surface area contributed by atoms with Crippen molar-refractivity contribution in [2.45, 2.75) is 25.0 Å². The summed E-state index contributed by atoms with van der Waals surface area (Å²) >= 11 is 0. The first-order valence-electron chi connectivity index (χ1n) is 7.23. The van der Waals surface area contributed by atoms with E-state index in [1.54, 1.807) is 23.3 Å². The number of carbonyl (C=O) groups is 1. The van der Waals surface area contributed by atoms with Crippen LogP contribution in [0.25, 0.3) is 0 Å². The van der Waals surface area contributed by atoms with Gasteiger partial charge in [0.15, 0.2) is 11.8 Å². The lowest BCUT2D eigenvalue weighted by Gasteiger charge is -2.24. The van der Waals surface area contributed by atoms with Crippen molar-refractivity contribution in [1.29, 1.82) is 0 Å². The second-order valence-corrected chi connectivity index (χ2v) is 5.62. The molecular formula is C16H16FN2O2+. The Bertz CT molecular complexity index is 653. The Hall–Kier alpha value is -2.14. The number of carbonyl (C=O) groups excluding carboxylic acids is 1. The average molecular weight is 287 g/mol. The molecule has 3 atom stereocenters. The maximum atomic E-state index is 13.1. The van der Waals surface area contributed by atoms with Crippen molar-refractivity contribution in [2.24, 2.45) is 0 Å². The highest BCUT2D eigenvalue weighted by atomic mass is 19.1. The molecule has 21 heavy (non-hydrogen) atoms. The summed E-state index contributed by atoms with van der Waals surface area (Å²) in [5.41, 5.74) is 0.727. The molecule has 1 aromatic heterocycles. The minimum atomic E-state index is -0.298. The highest BCUT2D eigenvalue weighted by Crippen LogP contribution is 2.31. The Kier molecular flexibility index (Phi) is 2.82. The number of hydrogen-bond acceptors (Lipinski definition) is 2. The molecule has 1 N–H and O–H groups in total. The molecule has 0 saturated carbocycles. The number of halogens is 1. The van der Waals surface area contributed by atoms with Crippen LogP contribution in [0.4, 0.5) is 10.1 Å². The van der Waals surface area contributed by atoms with E-state index in [1.807, 2.05) is 12.1 Å². The van der Waals surface area contributed by atoms with Crippen LogP contribution in [0.15, 0.2) is 47.1 Å². The third-order valence-corrected chi connectivity index (χ3v) is 4.47. The molecule has 4 nitrogen and oxygen atoms in total. The lowest BCUT2D eigenvalue weighted by molar-refractivity contribution is -0.925. The molecular weight excluding hydrogens is 271 g/mol. The minimum absolute atomic E-state index is 0.00912. The summed E-state index contributed by atoms with van der Waals surface area (Å²) in [4.78, 5) is 15.7. The standard InChI is InChI=1S/C16H15FN2O2/c17-11-5-7-12(8-6-11)19-15(14-4-2-10-21-14)18-9-1-3-13(18)16(19)20/h2,4-8,10,13,15H,1,3,9H2/p+1. The fourth-order valence-corrected chi connectivity index (χ4v) is 3.58. The lowest BCUT2D eigenvalue weighted by atomic mass is 10.2. The van der Waals surface area contributed by atoms with E-state index in [0.29, 0.717) is 0 Å². The SMILES string of the molecule is O=C1C2CCC[NH+]2C(c2ccco2)N1c1ccc(F)cc1. The fourth-order valence-electron chi connectivity index (χ4n) is 3.58. The number of amides is 1. The second kappa shape index (κ2) is 4.70. The molecule has 2 aliphatic rings. The third-order valence-electron chi connectivity index (χ3n) is 4.47. The van der Waals surface area contributed by atoms with Gasteiger partial charge in [-0.2, -0.15) is 0 Å². The van der Waals surface area contributed by atoms with Crippen LogP contribution in [0.1, 0.15) is 24.8 Å². The van der Waals surface area contributed by atoms with E-state index in [4.69, 9.17) is 4.42 Å². The average Bonchev–Trinajstić information content (AvgIpc) is 3.19. The molecule has 2 aliphatic heterocycles. The molecule has 1 aromatic carbocycles. The summed E-state index contributed by atoms with van der Waals surface area (Å²) in [5, 5.41) is 0. The molecule has 2 saturated heterocycles. The number of fused-ring (bicyclic) bond motifs is 1. The van der Waals surface area contributed by atoms with Gasteiger partial charge in [-0.1, -0.05) is 0 Å². The summed E-state index contributed by atoms with van der Waals surface area (Å²) < 4.78 is 18.7. The Labute approximate surface area is 121 Å². The van der Waals surface area contributed by atoms with Gasteiger partial charge < -0.3 is 4.42 Å². The number of quaternary nitrogens is 1. The van der Waals surface area contributed by atoms with Crippen molar-refractivity contribution in [3.63, 3.8) is 0 Å². The first kappa shape index (κ1) is 12.6. The Morgan fingerprint density at radius 3 is 2.76 bits per heavy atom. The van der Waals surface area contributed by atoms with E-state index in [1.165, 1.54) is 17.0 Å². The second-order valence-electron chi connectivity index (χ2n) is 5.62. The zero-order valence-corrected chi connectivity index (χ0v) is 11.5. The molecule has 3 unspecified atom stereocenters. The highest BCUT2D eigenvalue weighted by Gasteiger charge is 2.54. The van der Waals surface area contributed by atoms with Crippen molar-refractivity contribution >= 4 is 11.6 Å². The maximum Gasteiger partial charge on any atom is 0.290 e. The van der Waals surface area contributed by atoms with Gasteiger partial charge in [-0.25, -0.2) is 9.29 Å². The number of hydrogen-bond donors (Lipinski definition) is 1. The number of nitrogens with one attached hydrogen (secondary N) is 1. The summed E-state index contributed by atoms with van der Waals surface area (Å²) in [7, 11) is 0. The van der Waals surface area contributed by atoms with Crippen molar-refractivity contribution in [2.75, 3.05) is 11.4 Å². The predicted octanol–water partition coefficient (Wildman–Crippen LogP) is 1.51. The number of furan rings is 1. The van der Waals surface area contributed by atoms with Crippen LogP contribution in [0.2, 0.25) is 0 Å². The molecule has 0 bridgehead atoms. The largest absolute Gasteiger partial charge is 0.461 e. The van der Waals surface area contributed by atoms with E-state index >= 15 is 0 Å².